The van der Waals surface area contributed by atoms with Gasteiger partial charge in [0, 0.05) is 11.0 Å². The highest BCUT2D eigenvalue weighted by Crippen LogP contribution is 2.35. The normalized spacial score (nSPS) is 15.0. The number of likely N-dealkylation sites (N-methyl/N-ethyl adjacent to an activating group) is 1. The molecule has 8 heteroatoms. The van der Waals surface area contributed by atoms with E-state index in [2.05, 4.69) is 43.8 Å². The Hall–Kier alpha value is -1.65. The smallest absolute Gasteiger partial charge is 0.276 e. The number of ether oxygens (including phenoxy) is 2. The zero-order valence-electron chi connectivity index (χ0n) is 16.0. The first-order valence-corrected chi connectivity index (χ1v) is 11.4. The lowest BCUT2D eigenvalue weighted by Gasteiger charge is -2.15. The molecule has 1 N–H and O–H groups in total. The van der Waals surface area contributed by atoms with Crippen LogP contribution in [0.1, 0.15) is 25.0 Å². The van der Waals surface area contributed by atoms with Crippen LogP contribution in [-0.2, 0) is 11.4 Å². The van der Waals surface area contributed by atoms with Crippen LogP contribution in [0.4, 0.5) is 0 Å². The Morgan fingerprint density at radius 1 is 1.21 bits per heavy atom. The molecule has 152 valence electrons. The van der Waals surface area contributed by atoms with Crippen LogP contribution in [0.2, 0.25) is 0 Å². The number of halogens is 2. The molecule has 0 aliphatic carbocycles. The first kappa shape index (κ1) is 22.0. The summed E-state index contributed by atoms with van der Waals surface area (Å²) in [4.78, 5) is 14.0. The van der Waals surface area contributed by atoms with Gasteiger partial charge in [-0.05, 0) is 90.1 Å². The monoisotopic (exact) mass is 586 g/mol. The second kappa shape index (κ2) is 9.90. The number of carbonyl (C=O) groups is 1. The third kappa shape index (κ3) is 5.29. The van der Waals surface area contributed by atoms with Crippen LogP contribution in [0.3, 0.4) is 0 Å². The van der Waals surface area contributed by atoms with E-state index in [1.54, 1.807) is 6.08 Å². The van der Waals surface area contributed by atoms with Crippen molar-refractivity contribution in [3.05, 3.63) is 61.3 Å². The number of benzene rings is 2. The second-order valence-electron chi connectivity index (χ2n) is 6.22. The molecular weight excluding hydrogens is 567 g/mol. The molecule has 1 fully saturated rings. The lowest BCUT2D eigenvalue weighted by molar-refractivity contribution is -0.122. The third-order valence-corrected chi connectivity index (χ3v) is 5.87. The minimum atomic E-state index is -0.124. The molecule has 0 saturated carbocycles. The maximum Gasteiger partial charge on any atom is 0.276 e. The molecule has 29 heavy (non-hydrogen) atoms. The van der Waals surface area contributed by atoms with Crippen molar-refractivity contribution in [3.63, 3.8) is 0 Å². The SMILES string of the molecule is CCOc1cc(/C=C2\NC(=S)N(CC)C2=O)cc(I)c1OCc1ccc(Br)cc1. The molecule has 2 aromatic carbocycles. The van der Waals surface area contributed by atoms with Crippen LogP contribution < -0.4 is 14.8 Å². The average Bonchev–Trinajstić information content (AvgIpc) is 2.95. The molecule has 0 spiro atoms. The first-order valence-electron chi connectivity index (χ1n) is 9.11. The molecule has 0 bridgehead atoms. The van der Waals surface area contributed by atoms with E-state index in [1.807, 2.05) is 50.2 Å². The van der Waals surface area contributed by atoms with Crippen molar-refractivity contribution in [2.24, 2.45) is 0 Å². The Morgan fingerprint density at radius 2 is 1.93 bits per heavy atom. The molecule has 3 rings (SSSR count). The van der Waals surface area contributed by atoms with E-state index >= 15 is 0 Å². The van der Waals surface area contributed by atoms with Crippen molar-refractivity contribution in [2.75, 3.05) is 13.2 Å². The van der Waals surface area contributed by atoms with Crippen molar-refractivity contribution >= 4 is 67.8 Å². The third-order valence-electron chi connectivity index (χ3n) is 4.22. The summed E-state index contributed by atoms with van der Waals surface area (Å²) in [5.41, 5.74) is 2.36. The topological polar surface area (TPSA) is 50.8 Å². The minimum absolute atomic E-state index is 0.124. The fourth-order valence-corrected chi connectivity index (χ4v) is 4.20. The van der Waals surface area contributed by atoms with Crippen molar-refractivity contribution in [2.45, 2.75) is 20.5 Å². The van der Waals surface area contributed by atoms with Crippen molar-refractivity contribution in [1.29, 1.82) is 0 Å². The maximum absolute atomic E-state index is 12.4. The molecule has 1 heterocycles. The van der Waals surface area contributed by atoms with Gasteiger partial charge in [0.15, 0.2) is 16.6 Å². The molecule has 1 saturated heterocycles. The number of hydrogen-bond donors (Lipinski definition) is 1. The van der Waals surface area contributed by atoms with Gasteiger partial charge in [-0.25, -0.2) is 0 Å². The largest absolute Gasteiger partial charge is 0.490 e. The Labute approximate surface area is 197 Å². The number of nitrogens with zero attached hydrogens (tertiary/aromatic N) is 1. The summed E-state index contributed by atoms with van der Waals surface area (Å²) in [6.45, 7) is 5.30. The predicted octanol–water partition coefficient (Wildman–Crippen LogP) is 5.11. The van der Waals surface area contributed by atoms with Crippen LogP contribution in [0, 0.1) is 3.57 Å². The van der Waals surface area contributed by atoms with E-state index in [0.29, 0.717) is 42.1 Å². The Kier molecular flexibility index (Phi) is 7.53. The lowest BCUT2D eigenvalue weighted by atomic mass is 10.1. The van der Waals surface area contributed by atoms with Crippen molar-refractivity contribution in [1.82, 2.24) is 10.2 Å². The summed E-state index contributed by atoms with van der Waals surface area (Å²) in [6, 6.07) is 11.8. The maximum atomic E-state index is 12.4. The van der Waals surface area contributed by atoms with Crippen LogP contribution in [0.25, 0.3) is 6.08 Å². The molecule has 2 aromatic rings. The van der Waals surface area contributed by atoms with Crippen LogP contribution in [0.5, 0.6) is 11.5 Å². The summed E-state index contributed by atoms with van der Waals surface area (Å²) >= 11 is 10.9. The molecule has 0 unspecified atom stereocenters. The highest BCUT2D eigenvalue weighted by atomic mass is 127. The van der Waals surface area contributed by atoms with Gasteiger partial charge in [0.1, 0.15) is 12.3 Å². The highest BCUT2D eigenvalue weighted by Gasteiger charge is 2.29. The predicted molar refractivity (Wildman–Crippen MR) is 130 cm³/mol. The Balaban J connectivity index is 1.86. The molecule has 1 aliphatic heterocycles. The molecule has 0 radical (unpaired) electrons. The molecule has 0 aromatic heterocycles. The lowest BCUT2D eigenvalue weighted by Crippen LogP contribution is -2.30. The van der Waals surface area contributed by atoms with E-state index in [1.165, 1.54) is 4.90 Å². The number of amides is 1. The Bertz CT molecular complexity index is 963. The summed E-state index contributed by atoms with van der Waals surface area (Å²) in [7, 11) is 0. The van der Waals surface area contributed by atoms with E-state index in [-0.39, 0.29) is 5.91 Å². The van der Waals surface area contributed by atoms with Crippen molar-refractivity contribution < 1.29 is 14.3 Å². The molecule has 1 amide bonds. The van der Waals surface area contributed by atoms with Gasteiger partial charge in [-0.2, -0.15) is 0 Å². The molecule has 1 aliphatic rings. The van der Waals surface area contributed by atoms with Gasteiger partial charge >= 0.3 is 0 Å². The van der Waals surface area contributed by atoms with Gasteiger partial charge in [-0.1, -0.05) is 28.1 Å². The van der Waals surface area contributed by atoms with E-state index in [0.717, 1.165) is 19.2 Å². The van der Waals surface area contributed by atoms with Gasteiger partial charge in [0.25, 0.3) is 5.91 Å². The first-order chi connectivity index (χ1) is 13.9. The Morgan fingerprint density at radius 3 is 2.55 bits per heavy atom. The number of hydrogen-bond acceptors (Lipinski definition) is 4. The molecular formula is C21H20BrIN2O3S. The summed E-state index contributed by atoms with van der Waals surface area (Å²) < 4.78 is 13.8. The summed E-state index contributed by atoms with van der Waals surface area (Å²) in [5.74, 6) is 1.21. The molecule has 5 nitrogen and oxygen atoms in total. The quantitative estimate of drug-likeness (QED) is 0.278. The van der Waals surface area contributed by atoms with E-state index in [4.69, 9.17) is 21.7 Å². The average molecular weight is 587 g/mol. The van der Waals surface area contributed by atoms with Gasteiger partial charge in [0.05, 0.1) is 10.2 Å². The number of carbonyl (C=O) groups excluding carboxylic acids is 1. The summed E-state index contributed by atoms with van der Waals surface area (Å²) in [6.07, 6.45) is 1.79. The van der Waals surface area contributed by atoms with Crippen LogP contribution in [0.15, 0.2) is 46.6 Å². The van der Waals surface area contributed by atoms with E-state index in [9.17, 15) is 4.79 Å². The fraction of sp³-hybridized carbons (Fsp3) is 0.238. The number of thiocarbonyl (C=S) groups is 1. The van der Waals surface area contributed by atoms with Gasteiger partial charge in [0.2, 0.25) is 0 Å². The second-order valence-corrected chi connectivity index (χ2v) is 8.68. The summed E-state index contributed by atoms with van der Waals surface area (Å²) in [5, 5.41) is 3.41. The standard InChI is InChI=1S/C21H20BrIN2O3S/c1-3-25-20(26)17(24-21(25)29)10-14-9-16(23)19(18(11-14)27-4-2)28-12-13-5-7-15(22)8-6-13/h5-11H,3-4,12H2,1-2H3,(H,24,29)/b17-10-. The van der Waals surface area contributed by atoms with Gasteiger partial charge in [-0.3, -0.25) is 9.69 Å². The number of rotatable bonds is 7. The highest BCUT2D eigenvalue weighted by molar-refractivity contribution is 14.1. The zero-order chi connectivity index (χ0) is 21.0. The fourth-order valence-electron chi connectivity index (χ4n) is 2.84. The van der Waals surface area contributed by atoms with E-state index < -0.39 is 0 Å². The minimum Gasteiger partial charge on any atom is -0.490 e. The van der Waals surface area contributed by atoms with Crippen LogP contribution in [-0.4, -0.2) is 29.1 Å². The zero-order valence-corrected chi connectivity index (χ0v) is 20.6. The molecule has 0 atom stereocenters. The van der Waals surface area contributed by atoms with Crippen molar-refractivity contribution in [3.8, 4) is 11.5 Å². The van der Waals surface area contributed by atoms with Crippen LogP contribution >= 0.6 is 50.7 Å². The van der Waals surface area contributed by atoms with Gasteiger partial charge < -0.3 is 14.8 Å². The van der Waals surface area contributed by atoms with Gasteiger partial charge in [-0.15, -0.1) is 0 Å². The number of nitrogens with one attached hydrogen (secondary N) is 1.